The van der Waals surface area contributed by atoms with E-state index in [1.807, 2.05) is 4.90 Å². The fourth-order valence-corrected chi connectivity index (χ4v) is 3.83. The van der Waals surface area contributed by atoms with Crippen LogP contribution in [0.3, 0.4) is 0 Å². The molecule has 5 nitrogen and oxygen atoms in total. The lowest BCUT2D eigenvalue weighted by Gasteiger charge is -2.36. The molecule has 2 heterocycles. The maximum Gasteiger partial charge on any atom is 0.260 e. The van der Waals surface area contributed by atoms with Crippen LogP contribution >= 0.6 is 0 Å². The highest BCUT2D eigenvalue weighted by Crippen LogP contribution is 2.27. The van der Waals surface area contributed by atoms with Gasteiger partial charge in [-0.2, -0.15) is 0 Å². The summed E-state index contributed by atoms with van der Waals surface area (Å²) in [6.45, 7) is 1.81. The zero-order valence-electron chi connectivity index (χ0n) is 15.0. The van der Waals surface area contributed by atoms with E-state index in [4.69, 9.17) is 4.74 Å². The van der Waals surface area contributed by atoms with E-state index in [1.165, 1.54) is 7.11 Å². The fourth-order valence-electron chi connectivity index (χ4n) is 3.83. The molecule has 26 heavy (non-hydrogen) atoms. The molecule has 0 saturated carbocycles. The number of hydrogen-bond donors (Lipinski definition) is 0. The van der Waals surface area contributed by atoms with Crippen LogP contribution in [-0.4, -0.2) is 54.4 Å². The molecule has 1 aromatic carbocycles. The average molecular weight is 366 g/mol. The lowest BCUT2D eigenvalue weighted by molar-refractivity contribution is -0.127. The lowest BCUT2D eigenvalue weighted by Crippen LogP contribution is -2.46. The van der Waals surface area contributed by atoms with Crippen LogP contribution in [0.1, 0.15) is 48.9 Å². The second-order valence-corrected chi connectivity index (χ2v) is 6.89. The van der Waals surface area contributed by atoms with Crippen LogP contribution in [0.2, 0.25) is 0 Å². The second-order valence-electron chi connectivity index (χ2n) is 6.89. The van der Waals surface area contributed by atoms with Crippen molar-refractivity contribution in [1.82, 2.24) is 9.80 Å². The Hall–Kier alpha value is -2.18. The summed E-state index contributed by atoms with van der Waals surface area (Å²) in [5.41, 5.74) is -0.532. The van der Waals surface area contributed by atoms with Gasteiger partial charge in [0.05, 0.1) is 7.11 Å². The van der Waals surface area contributed by atoms with Gasteiger partial charge in [-0.05, 0) is 32.1 Å². The van der Waals surface area contributed by atoms with E-state index >= 15 is 0 Å². The van der Waals surface area contributed by atoms with Gasteiger partial charge in [-0.1, -0.05) is 0 Å². The molecule has 142 valence electrons. The van der Waals surface area contributed by atoms with Crippen LogP contribution in [0.25, 0.3) is 0 Å². The van der Waals surface area contributed by atoms with E-state index in [9.17, 15) is 18.4 Å². The molecule has 0 radical (unpaired) electrons. The molecule has 1 atom stereocenters. The third kappa shape index (κ3) is 3.81. The number of amides is 2. The molecule has 0 bridgehead atoms. The molecule has 0 aliphatic carbocycles. The third-order valence-electron chi connectivity index (χ3n) is 5.26. The summed E-state index contributed by atoms with van der Waals surface area (Å²) in [4.78, 5) is 28.0. The van der Waals surface area contributed by atoms with Crippen molar-refractivity contribution in [3.05, 3.63) is 29.3 Å². The lowest BCUT2D eigenvalue weighted by atomic mass is 9.97. The summed E-state index contributed by atoms with van der Waals surface area (Å²) in [5.74, 6) is -2.26. The smallest absolute Gasteiger partial charge is 0.260 e. The number of likely N-dealkylation sites (tertiary alicyclic amines) is 2. The second kappa shape index (κ2) is 8.01. The molecule has 2 fully saturated rings. The van der Waals surface area contributed by atoms with Crippen molar-refractivity contribution in [2.45, 2.75) is 44.6 Å². The van der Waals surface area contributed by atoms with Gasteiger partial charge >= 0.3 is 0 Å². The van der Waals surface area contributed by atoms with Crippen LogP contribution in [0.5, 0.6) is 5.75 Å². The minimum atomic E-state index is -0.911. The molecule has 1 aromatic rings. The highest BCUT2D eigenvalue weighted by Gasteiger charge is 2.32. The summed E-state index contributed by atoms with van der Waals surface area (Å²) in [6.07, 6.45) is 4.65. The van der Waals surface area contributed by atoms with E-state index < -0.39 is 23.1 Å². The number of hydrogen-bond acceptors (Lipinski definition) is 3. The van der Waals surface area contributed by atoms with Crippen LogP contribution in [-0.2, 0) is 4.79 Å². The largest absolute Gasteiger partial charge is 0.497 e. The Kier molecular flexibility index (Phi) is 5.74. The zero-order valence-corrected chi connectivity index (χ0v) is 15.0. The average Bonchev–Trinajstić information content (AvgIpc) is 3.04. The van der Waals surface area contributed by atoms with Gasteiger partial charge < -0.3 is 14.5 Å². The van der Waals surface area contributed by atoms with Gasteiger partial charge in [0.2, 0.25) is 5.91 Å². The van der Waals surface area contributed by atoms with Crippen molar-refractivity contribution < 1.29 is 23.1 Å². The number of nitrogens with zero attached hydrogens (tertiary/aromatic N) is 2. The Morgan fingerprint density at radius 1 is 1.19 bits per heavy atom. The van der Waals surface area contributed by atoms with E-state index in [0.717, 1.165) is 44.4 Å². The summed E-state index contributed by atoms with van der Waals surface area (Å²) < 4.78 is 33.4. The van der Waals surface area contributed by atoms with Gasteiger partial charge in [-0.25, -0.2) is 8.78 Å². The monoisotopic (exact) mass is 366 g/mol. The number of methoxy groups -OCH3 is 1. The first-order valence-corrected chi connectivity index (χ1v) is 9.13. The Balaban J connectivity index is 1.74. The Morgan fingerprint density at radius 3 is 2.54 bits per heavy atom. The standard InChI is InChI=1S/C19H24F2N2O3/c1-26-14-11-15(20)18(16(21)12-14)19(25)23-9-3-2-5-13(23)7-10-22-8-4-6-17(22)24/h11-13H,2-10H2,1H3/t13-/m1/s1. The predicted octanol–water partition coefficient (Wildman–Crippen LogP) is 2.98. The van der Waals surface area contributed by atoms with Crippen molar-refractivity contribution in [1.29, 1.82) is 0 Å². The molecule has 2 aliphatic heterocycles. The molecular formula is C19H24F2N2O3. The molecule has 7 heteroatoms. The summed E-state index contributed by atoms with van der Waals surface area (Å²) in [7, 11) is 1.32. The molecule has 2 amide bonds. The van der Waals surface area contributed by atoms with Gasteiger partial charge in [0.15, 0.2) is 0 Å². The first-order valence-electron chi connectivity index (χ1n) is 9.13. The van der Waals surface area contributed by atoms with Gasteiger partial charge in [0.25, 0.3) is 5.91 Å². The molecular weight excluding hydrogens is 342 g/mol. The number of carbonyl (C=O) groups is 2. The molecule has 0 unspecified atom stereocenters. The van der Waals surface area contributed by atoms with Crippen molar-refractivity contribution in [3.63, 3.8) is 0 Å². The van der Waals surface area contributed by atoms with Gasteiger partial charge in [-0.3, -0.25) is 9.59 Å². The Bertz CT molecular complexity index is 672. The van der Waals surface area contributed by atoms with E-state index in [2.05, 4.69) is 0 Å². The van der Waals surface area contributed by atoms with E-state index in [0.29, 0.717) is 25.9 Å². The quantitative estimate of drug-likeness (QED) is 0.805. The van der Waals surface area contributed by atoms with Crippen LogP contribution in [0.15, 0.2) is 12.1 Å². The van der Waals surface area contributed by atoms with E-state index in [1.54, 1.807) is 4.90 Å². The predicted molar refractivity (Wildman–Crippen MR) is 92.0 cm³/mol. The van der Waals surface area contributed by atoms with Crippen molar-refractivity contribution in [2.75, 3.05) is 26.7 Å². The summed E-state index contributed by atoms with van der Waals surface area (Å²) in [5, 5.41) is 0. The SMILES string of the molecule is COc1cc(F)c(C(=O)N2CCCC[C@@H]2CCN2CCCC2=O)c(F)c1. The number of ether oxygens (including phenoxy) is 1. The molecule has 0 N–H and O–H groups in total. The first-order chi connectivity index (χ1) is 12.5. The topological polar surface area (TPSA) is 49.9 Å². The number of halogens is 2. The minimum absolute atomic E-state index is 0.0410. The maximum absolute atomic E-state index is 14.3. The molecule has 2 saturated heterocycles. The van der Waals surface area contributed by atoms with Crippen molar-refractivity contribution in [3.8, 4) is 5.75 Å². The molecule has 3 rings (SSSR count). The van der Waals surface area contributed by atoms with Crippen LogP contribution in [0, 0.1) is 11.6 Å². The zero-order chi connectivity index (χ0) is 18.7. The Morgan fingerprint density at radius 2 is 1.92 bits per heavy atom. The van der Waals surface area contributed by atoms with Crippen molar-refractivity contribution >= 4 is 11.8 Å². The van der Waals surface area contributed by atoms with Gasteiger partial charge in [0, 0.05) is 44.2 Å². The van der Waals surface area contributed by atoms with Crippen molar-refractivity contribution in [2.24, 2.45) is 0 Å². The fraction of sp³-hybridized carbons (Fsp3) is 0.579. The maximum atomic E-state index is 14.3. The highest BCUT2D eigenvalue weighted by atomic mass is 19.1. The molecule has 0 aromatic heterocycles. The first kappa shape index (κ1) is 18.6. The number of carbonyl (C=O) groups excluding carboxylic acids is 2. The van der Waals surface area contributed by atoms with E-state index in [-0.39, 0.29) is 17.7 Å². The number of piperidine rings is 1. The van der Waals surface area contributed by atoms with Crippen LogP contribution < -0.4 is 4.74 Å². The number of rotatable bonds is 5. The normalized spacial score (nSPS) is 20.6. The highest BCUT2D eigenvalue weighted by molar-refractivity contribution is 5.95. The van der Waals surface area contributed by atoms with Gasteiger partial charge in [-0.15, -0.1) is 0 Å². The summed E-state index contributed by atoms with van der Waals surface area (Å²) in [6, 6.07) is 1.95. The summed E-state index contributed by atoms with van der Waals surface area (Å²) >= 11 is 0. The minimum Gasteiger partial charge on any atom is -0.497 e. The Labute approximate surface area is 151 Å². The van der Waals surface area contributed by atoms with Crippen LogP contribution in [0.4, 0.5) is 8.78 Å². The molecule has 0 spiro atoms. The number of benzene rings is 1. The third-order valence-corrected chi connectivity index (χ3v) is 5.26. The molecule has 2 aliphatic rings. The van der Waals surface area contributed by atoms with Gasteiger partial charge in [0.1, 0.15) is 22.9 Å².